The zero-order valence-corrected chi connectivity index (χ0v) is 13.2. The first-order valence-corrected chi connectivity index (χ1v) is 8.09. The first-order valence-electron chi connectivity index (χ1n) is 7.71. The van der Waals surface area contributed by atoms with Gasteiger partial charge in [-0.25, -0.2) is 0 Å². The molecule has 2 aliphatic rings. The molecular weight excluding hydrogens is 318 g/mol. The number of carbonyl (C=O) groups excluding carboxylic acids is 1. The molecule has 2 fully saturated rings. The summed E-state index contributed by atoms with van der Waals surface area (Å²) in [5.74, 6) is -0.746. The zero-order chi connectivity index (χ0) is 16.2. The zero-order valence-electron chi connectivity index (χ0n) is 12.4. The number of aliphatic carboxylic acids is 1. The van der Waals surface area contributed by atoms with Gasteiger partial charge in [-0.05, 0) is 43.0 Å². The third-order valence-corrected chi connectivity index (χ3v) is 5.51. The minimum atomic E-state index is -0.785. The minimum absolute atomic E-state index is 0.0442. The highest BCUT2D eigenvalue weighted by Crippen LogP contribution is 2.49. The number of carboxylic acid groups (broad SMARTS) is 1. The van der Waals surface area contributed by atoms with Crippen molar-refractivity contribution in [2.24, 2.45) is 11.3 Å². The molecule has 0 spiro atoms. The molecular formula is C17H16ClNO4. The van der Waals surface area contributed by atoms with Crippen LogP contribution in [0.5, 0.6) is 0 Å². The molecule has 0 bridgehead atoms. The van der Waals surface area contributed by atoms with Crippen LogP contribution in [0.2, 0.25) is 5.02 Å². The standard InChI is InChI=1S/C17H16ClNO4/c18-12-3-4-13-10(6-12)7-14(23-13)15(20)19-8-11-2-1-5-17(11,9-19)16(21)22/h3-4,6-7,11H,1-2,5,8-9H2,(H,21,22)/t11-,17+/m0/s1. The van der Waals surface area contributed by atoms with Gasteiger partial charge >= 0.3 is 5.97 Å². The molecule has 23 heavy (non-hydrogen) atoms. The maximum Gasteiger partial charge on any atom is 0.311 e. The largest absolute Gasteiger partial charge is 0.481 e. The minimum Gasteiger partial charge on any atom is -0.481 e. The molecule has 1 aliphatic heterocycles. The summed E-state index contributed by atoms with van der Waals surface area (Å²) in [6.45, 7) is 0.757. The summed E-state index contributed by atoms with van der Waals surface area (Å²) in [6.07, 6.45) is 2.43. The Kier molecular flexibility index (Phi) is 3.17. The number of nitrogens with zero attached hydrogens (tertiary/aromatic N) is 1. The number of carbonyl (C=O) groups is 2. The number of likely N-dealkylation sites (tertiary alicyclic amines) is 1. The van der Waals surface area contributed by atoms with E-state index < -0.39 is 11.4 Å². The van der Waals surface area contributed by atoms with Crippen LogP contribution in [0, 0.1) is 11.3 Å². The normalized spacial score (nSPS) is 26.7. The van der Waals surface area contributed by atoms with Crippen LogP contribution >= 0.6 is 11.6 Å². The lowest BCUT2D eigenvalue weighted by Gasteiger charge is -2.22. The van der Waals surface area contributed by atoms with Crippen molar-refractivity contribution in [2.75, 3.05) is 13.1 Å². The van der Waals surface area contributed by atoms with E-state index in [0.717, 1.165) is 18.2 Å². The number of halogens is 1. The highest BCUT2D eigenvalue weighted by molar-refractivity contribution is 6.31. The average molecular weight is 334 g/mol. The van der Waals surface area contributed by atoms with Gasteiger partial charge in [0.15, 0.2) is 5.76 Å². The van der Waals surface area contributed by atoms with Crippen molar-refractivity contribution in [1.82, 2.24) is 4.90 Å². The van der Waals surface area contributed by atoms with E-state index in [1.807, 2.05) is 0 Å². The van der Waals surface area contributed by atoms with Gasteiger partial charge in [0.2, 0.25) is 0 Å². The third-order valence-electron chi connectivity index (χ3n) is 5.27. The van der Waals surface area contributed by atoms with Crippen LogP contribution in [0.4, 0.5) is 0 Å². The van der Waals surface area contributed by atoms with Crippen molar-refractivity contribution in [3.05, 3.63) is 35.0 Å². The average Bonchev–Trinajstić information content (AvgIpc) is 3.17. The number of amides is 1. The van der Waals surface area contributed by atoms with Crippen molar-refractivity contribution < 1.29 is 19.1 Å². The number of benzene rings is 1. The second kappa shape index (κ2) is 4.99. The molecule has 2 atom stereocenters. The van der Waals surface area contributed by atoms with Crippen LogP contribution in [0.15, 0.2) is 28.7 Å². The number of rotatable bonds is 2. The molecule has 120 valence electrons. The Balaban J connectivity index is 1.63. The van der Waals surface area contributed by atoms with E-state index in [1.165, 1.54) is 0 Å². The fourth-order valence-corrected chi connectivity index (χ4v) is 4.25. The fraction of sp³-hybridized carbons (Fsp3) is 0.412. The SMILES string of the molecule is O=C(c1cc2cc(Cl)ccc2o1)N1C[C@@H]2CCC[C@@]2(C(=O)O)C1. The van der Waals surface area contributed by atoms with Gasteiger partial charge in [0.05, 0.1) is 5.41 Å². The second-order valence-corrected chi connectivity index (χ2v) is 6.97. The first-order chi connectivity index (χ1) is 11.0. The van der Waals surface area contributed by atoms with E-state index in [4.69, 9.17) is 16.0 Å². The molecule has 2 heterocycles. The molecule has 5 nitrogen and oxygen atoms in total. The molecule has 0 unspecified atom stereocenters. The van der Waals surface area contributed by atoms with Gasteiger partial charge in [-0.2, -0.15) is 0 Å². The number of hydrogen-bond donors (Lipinski definition) is 1. The number of furan rings is 1. The molecule has 2 aromatic rings. The molecule has 1 aliphatic carbocycles. The number of fused-ring (bicyclic) bond motifs is 2. The predicted octanol–water partition coefficient (Wildman–Crippen LogP) is 3.41. The Morgan fingerprint density at radius 1 is 1.35 bits per heavy atom. The maximum atomic E-state index is 12.7. The molecule has 4 rings (SSSR count). The van der Waals surface area contributed by atoms with Gasteiger partial charge in [0.25, 0.3) is 5.91 Å². The van der Waals surface area contributed by atoms with Gasteiger partial charge in [-0.1, -0.05) is 18.0 Å². The maximum absolute atomic E-state index is 12.7. The van der Waals surface area contributed by atoms with E-state index in [2.05, 4.69) is 0 Å². The molecule has 0 radical (unpaired) electrons. The van der Waals surface area contributed by atoms with Crippen LogP contribution in [-0.2, 0) is 4.79 Å². The molecule has 1 amide bonds. The Hall–Kier alpha value is -2.01. The lowest BCUT2D eigenvalue weighted by molar-refractivity contribution is -0.149. The van der Waals surface area contributed by atoms with Gasteiger partial charge in [-0.15, -0.1) is 0 Å². The Bertz CT molecular complexity index is 814. The monoisotopic (exact) mass is 333 g/mol. The van der Waals surface area contributed by atoms with Crippen molar-refractivity contribution in [3.63, 3.8) is 0 Å². The lowest BCUT2D eigenvalue weighted by atomic mass is 9.81. The van der Waals surface area contributed by atoms with Gasteiger partial charge < -0.3 is 14.4 Å². The highest BCUT2D eigenvalue weighted by atomic mass is 35.5. The van der Waals surface area contributed by atoms with Crippen LogP contribution in [0.3, 0.4) is 0 Å². The van der Waals surface area contributed by atoms with Gasteiger partial charge in [0, 0.05) is 23.5 Å². The Morgan fingerprint density at radius 2 is 2.17 bits per heavy atom. The van der Waals surface area contributed by atoms with Crippen molar-refractivity contribution >= 4 is 34.4 Å². The summed E-state index contributed by atoms with van der Waals surface area (Å²) in [5.41, 5.74) is -0.171. The van der Waals surface area contributed by atoms with Gasteiger partial charge in [0.1, 0.15) is 5.58 Å². The van der Waals surface area contributed by atoms with Crippen LogP contribution in [-0.4, -0.2) is 35.0 Å². The van der Waals surface area contributed by atoms with Crippen LogP contribution in [0.1, 0.15) is 29.8 Å². The summed E-state index contributed by atoms with van der Waals surface area (Å²) in [7, 11) is 0. The van der Waals surface area contributed by atoms with Gasteiger partial charge in [-0.3, -0.25) is 9.59 Å². The fourth-order valence-electron chi connectivity index (χ4n) is 4.07. The summed E-state index contributed by atoms with van der Waals surface area (Å²) in [6, 6.07) is 6.85. The third kappa shape index (κ3) is 2.14. The predicted molar refractivity (Wildman–Crippen MR) is 84.5 cm³/mol. The van der Waals surface area contributed by atoms with Crippen molar-refractivity contribution in [1.29, 1.82) is 0 Å². The smallest absolute Gasteiger partial charge is 0.311 e. The van der Waals surface area contributed by atoms with E-state index >= 15 is 0 Å². The summed E-state index contributed by atoms with van der Waals surface area (Å²) < 4.78 is 5.62. The lowest BCUT2D eigenvalue weighted by Crippen LogP contribution is -2.37. The highest BCUT2D eigenvalue weighted by Gasteiger charge is 2.56. The Morgan fingerprint density at radius 3 is 2.91 bits per heavy atom. The van der Waals surface area contributed by atoms with Crippen LogP contribution in [0.25, 0.3) is 11.0 Å². The number of hydrogen-bond acceptors (Lipinski definition) is 3. The van der Waals surface area contributed by atoms with E-state index in [0.29, 0.717) is 23.6 Å². The quantitative estimate of drug-likeness (QED) is 0.914. The molecule has 1 aromatic carbocycles. The van der Waals surface area contributed by atoms with Crippen molar-refractivity contribution in [2.45, 2.75) is 19.3 Å². The first kappa shape index (κ1) is 14.6. The van der Waals surface area contributed by atoms with E-state index in [1.54, 1.807) is 29.2 Å². The molecule has 1 saturated heterocycles. The van der Waals surface area contributed by atoms with E-state index in [9.17, 15) is 14.7 Å². The van der Waals surface area contributed by atoms with E-state index in [-0.39, 0.29) is 24.1 Å². The molecule has 6 heteroatoms. The van der Waals surface area contributed by atoms with Crippen LogP contribution < -0.4 is 0 Å². The topological polar surface area (TPSA) is 70.8 Å². The second-order valence-electron chi connectivity index (χ2n) is 6.53. The molecule has 1 saturated carbocycles. The molecule has 1 aromatic heterocycles. The van der Waals surface area contributed by atoms with Crippen molar-refractivity contribution in [3.8, 4) is 0 Å². The summed E-state index contributed by atoms with van der Waals surface area (Å²) >= 11 is 5.95. The molecule has 1 N–H and O–H groups in total. The summed E-state index contributed by atoms with van der Waals surface area (Å²) in [4.78, 5) is 26.0. The summed E-state index contributed by atoms with van der Waals surface area (Å²) in [5, 5.41) is 11.0. The number of carboxylic acids is 1. The Labute approximate surface area is 137 Å².